The summed E-state index contributed by atoms with van der Waals surface area (Å²) in [5.74, 6) is -4.41. The number of rotatable bonds is 2. The van der Waals surface area contributed by atoms with Crippen molar-refractivity contribution in [1.29, 1.82) is 0 Å². The van der Waals surface area contributed by atoms with Crippen LogP contribution >= 0.6 is 0 Å². The predicted molar refractivity (Wildman–Crippen MR) is 44.8 cm³/mol. The van der Waals surface area contributed by atoms with Crippen LogP contribution < -0.4 is 0 Å². The van der Waals surface area contributed by atoms with E-state index in [1.807, 2.05) is 0 Å². The van der Waals surface area contributed by atoms with Gasteiger partial charge in [0.25, 0.3) is 5.95 Å². The topological polar surface area (TPSA) is 6.48 Å². The summed E-state index contributed by atoms with van der Waals surface area (Å²) in [6, 6.07) is -37.8. The van der Waals surface area contributed by atoms with Crippen molar-refractivity contribution in [1.82, 2.24) is 9.80 Å². The fourth-order valence-electron chi connectivity index (χ4n) is 1.70. The van der Waals surface area contributed by atoms with Gasteiger partial charge in [0.15, 0.2) is 0 Å². The lowest BCUT2D eigenvalue weighted by atomic mass is 10.1. The number of hydrogen-bond acceptors (Lipinski definition) is 2. The van der Waals surface area contributed by atoms with Crippen LogP contribution in [0.15, 0.2) is 12.0 Å². The molecule has 26 heavy (non-hydrogen) atoms. The summed E-state index contributed by atoms with van der Waals surface area (Å²) in [4.78, 5) is -7.77. The average Bonchev–Trinajstić information content (AvgIpc) is 2.33. The highest BCUT2D eigenvalue weighted by Gasteiger charge is 2.92. The number of halogens is 16. The van der Waals surface area contributed by atoms with E-state index in [1.54, 1.807) is 0 Å². The van der Waals surface area contributed by atoms with E-state index in [-0.39, 0.29) is 0 Å². The Bertz CT molecular complexity index is 570. The van der Waals surface area contributed by atoms with Gasteiger partial charge in [0.2, 0.25) is 0 Å². The van der Waals surface area contributed by atoms with Crippen molar-refractivity contribution < 1.29 is 70.2 Å². The lowest BCUT2D eigenvalue weighted by Crippen LogP contribution is -2.84. The monoisotopic (exact) mass is 428 g/mol. The van der Waals surface area contributed by atoms with Crippen LogP contribution in [0.3, 0.4) is 0 Å². The van der Waals surface area contributed by atoms with Gasteiger partial charge in [0.05, 0.1) is 0 Å². The minimum absolute atomic E-state index is 3.57. The molecular weight excluding hydrogens is 428 g/mol. The van der Waals surface area contributed by atoms with E-state index in [9.17, 15) is 70.2 Å². The summed E-state index contributed by atoms with van der Waals surface area (Å²) in [5, 5.41) is 0. The number of hydrogen-bond donors (Lipinski definition) is 0. The number of alkyl halides is 13. The Morgan fingerprint density at radius 2 is 0.885 bits per heavy atom. The SMILES string of the molecule is FC(F)=C(F)N1C(F)(F)C(F)(F)N(C(F)(F)C(F)(F)F)C(F)(F)C1(F)F. The maximum absolute atomic E-state index is 13.3. The van der Waals surface area contributed by atoms with Gasteiger partial charge in [-0.3, -0.25) is 0 Å². The summed E-state index contributed by atoms with van der Waals surface area (Å²) in [6.45, 7) is 0. The minimum Gasteiger partial charge on any atom is -0.210 e. The van der Waals surface area contributed by atoms with Crippen LogP contribution in [0, 0.1) is 0 Å². The van der Waals surface area contributed by atoms with E-state index < -0.39 is 58.2 Å². The van der Waals surface area contributed by atoms with Gasteiger partial charge in [-0.2, -0.15) is 70.2 Å². The standard InChI is InChI=1S/C8F16N2/c9-1(10)2(11)25-5(17,18)7(21,22)26(4(15,16)3(12,13)14)8(23,24)6(25,19)20. The van der Waals surface area contributed by atoms with Crippen molar-refractivity contribution in [2.75, 3.05) is 0 Å². The number of piperazine rings is 1. The van der Waals surface area contributed by atoms with Gasteiger partial charge >= 0.3 is 42.5 Å². The van der Waals surface area contributed by atoms with E-state index in [0.29, 0.717) is 0 Å². The van der Waals surface area contributed by atoms with Crippen LogP contribution in [0.1, 0.15) is 0 Å². The Morgan fingerprint density at radius 1 is 0.577 bits per heavy atom. The first-order chi connectivity index (χ1) is 11.1. The van der Waals surface area contributed by atoms with Gasteiger partial charge in [-0.15, -0.1) is 0 Å². The van der Waals surface area contributed by atoms with E-state index >= 15 is 0 Å². The fraction of sp³-hybridized carbons (Fsp3) is 0.750. The lowest BCUT2D eigenvalue weighted by molar-refractivity contribution is -0.552. The van der Waals surface area contributed by atoms with Crippen LogP contribution in [-0.4, -0.2) is 46.2 Å². The molecule has 0 aromatic carbocycles. The molecule has 0 saturated carbocycles. The van der Waals surface area contributed by atoms with Crippen LogP contribution in [0.2, 0.25) is 0 Å². The molecule has 18 heteroatoms. The predicted octanol–water partition coefficient (Wildman–Crippen LogP) is 5.17. The molecule has 1 heterocycles. The molecule has 1 aliphatic heterocycles. The second-order valence-electron chi connectivity index (χ2n) is 4.43. The third-order valence-electron chi connectivity index (χ3n) is 2.82. The smallest absolute Gasteiger partial charge is 0.210 e. The first kappa shape index (κ1) is 22.4. The molecule has 0 amide bonds. The molecule has 0 N–H and O–H groups in total. The highest BCUT2D eigenvalue weighted by atomic mass is 19.4. The maximum Gasteiger partial charge on any atom is 0.469 e. The Hall–Kier alpha value is -1.62. The Balaban J connectivity index is 3.92. The molecule has 154 valence electrons. The second-order valence-corrected chi connectivity index (χ2v) is 4.43. The van der Waals surface area contributed by atoms with Gasteiger partial charge in [0.1, 0.15) is 0 Å². The summed E-state index contributed by atoms with van der Waals surface area (Å²) >= 11 is 0. The summed E-state index contributed by atoms with van der Waals surface area (Å²) in [6.07, 6.45) is -11.8. The molecule has 1 fully saturated rings. The summed E-state index contributed by atoms with van der Waals surface area (Å²) < 4.78 is 205. The van der Waals surface area contributed by atoms with E-state index in [4.69, 9.17) is 0 Å². The molecule has 0 unspecified atom stereocenters. The molecule has 0 aromatic heterocycles. The van der Waals surface area contributed by atoms with Crippen molar-refractivity contribution in [2.24, 2.45) is 0 Å². The minimum atomic E-state index is -7.73. The molecule has 0 aliphatic carbocycles. The zero-order chi connectivity index (χ0) is 21.3. The molecular formula is C8F16N2. The third kappa shape index (κ3) is 2.55. The van der Waals surface area contributed by atoms with Crippen molar-refractivity contribution in [3.63, 3.8) is 0 Å². The van der Waals surface area contributed by atoms with Crippen molar-refractivity contribution >= 4 is 0 Å². The summed E-state index contributed by atoms with van der Waals surface area (Å²) in [7, 11) is 0. The highest BCUT2D eigenvalue weighted by molar-refractivity contribution is 5.12. The summed E-state index contributed by atoms with van der Waals surface area (Å²) in [5.41, 5.74) is 0. The second kappa shape index (κ2) is 5.44. The zero-order valence-electron chi connectivity index (χ0n) is 10.9. The average molecular weight is 428 g/mol. The van der Waals surface area contributed by atoms with Crippen molar-refractivity contribution in [3.8, 4) is 0 Å². The Kier molecular flexibility index (Phi) is 4.69. The van der Waals surface area contributed by atoms with Crippen LogP contribution in [-0.2, 0) is 0 Å². The molecule has 0 spiro atoms. The molecule has 1 aliphatic rings. The van der Waals surface area contributed by atoms with Crippen molar-refractivity contribution in [3.05, 3.63) is 12.0 Å². The van der Waals surface area contributed by atoms with Crippen LogP contribution in [0.4, 0.5) is 70.2 Å². The molecule has 1 rings (SSSR count). The highest BCUT2D eigenvalue weighted by Crippen LogP contribution is 2.63. The van der Waals surface area contributed by atoms with E-state index in [1.165, 1.54) is 0 Å². The molecule has 0 bridgehead atoms. The molecule has 0 atom stereocenters. The Labute approximate surface area is 130 Å². The largest absolute Gasteiger partial charge is 0.469 e. The van der Waals surface area contributed by atoms with Gasteiger partial charge in [-0.1, -0.05) is 4.90 Å². The molecule has 0 aromatic rings. The van der Waals surface area contributed by atoms with E-state index in [2.05, 4.69) is 0 Å². The Morgan fingerprint density at radius 3 is 1.12 bits per heavy atom. The van der Waals surface area contributed by atoms with E-state index in [0.717, 1.165) is 0 Å². The fourth-order valence-corrected chi connectivity index (χ4v) is 1.70. The van der Waals surface area contributed by atoms with Gasteiger partial charge in [-0.25, -0.2) is 4.90 Å². The van der Waals surface area contributed by atoms with Gasteiger partial charge < -0.3 is 0 Å². The zero-order valence-corrected chi connectivity index (χ0v) is 10.9. The lowest BCUT2D eigenvalue weighted by Gasteiger charge is -2.54. The number of nitrogens with zero attached hydrogens (tertiary/aromatic N) is 2. The first-order valence-corrected chi connectivity index (χ1v) is 5.37. The van der Waals surface area contributed by atoms with Crippen LogP contribution in [0.25, 0.3) is 0 Å². The third-order valence-corrected chi connectivity index (χ3v) is 2.82. The molecule has 2 nitrogen and oxygen atoms in total. The van der Waals surface area contributed by atoms with Crippen LogP contribution in [0.5, 0.6) is 0 Å². The van der Waals surface area contributed by atoms with Gasteiger partial charge in [0, 0.05) is 0 Å². The molecule has 0 radical (unpaired) electrons. The van der Waals surface area contributed by atoms with Crippen molar-refractivity contribution in [2.45, 2.75) is 36.4 Å². The van der Waals surface area contributed by atoms with Gasteiger partial charge in [-0.05, 0) is 0 Å². The first-order valence-electron chi connectivity index (χ1n) is 5.37. The maximum atomic E-state index is 13.3. The quantitative estimate of drug-likeness (QED) is 0.443. The molecule has 1 saturated heterocycles. The normalized spacial score (nSPS) is 25.2.